The molecule has 0 saturated carbocycles. The highest BCUT2D eigenvalue weighted by molar-refractivity contribution is 7.13. The molecule has 100 valence electrons. The van der Waals surface area contributed by atoms with Gasteiger partial charge in [-0.1, -0.05) is 29.8 Å². The summed E-state index contributed by atoms with van der Waals surface area (Å²) in [6, 6.07) is 11.4. The van der Waals surface area contributed by atoms with Gasteiger partial charge in [0.15, 0.2) is 0 Å². The van der Waals surface area contributed by atoms with Crippen LogP contribution in [0, 0.1) is 0 Å². The van der Waals surface area contributed by atoms with E-state index in [4.69, 9.17) is 17.3 Å². The number of rotatable bonds is 3. The Hall–Kier alpha value is -2.11. The fourth-order valence-corrected chi connectivity index (χ4v) is 2.50. The summed E-state index contributed by atoms with van der Waals surface area (Å²) in [4.78, 5) is 5.36. The molecule has 0 aliphatic rings. The lowest BCUT2D eigenvalue weighted by Crippen LogP contribution is -1.96. The van der Waals surface area contributed by atoms with Crippen molar-refractivity contribution < 1.29 is 0 Å². The Kier molecular flexibility index (Phi) is 3.54. The van der Waals surface area contributed by atoms with Crippen molar-refractivity contribution in [3.63, 3.8) is 0 Å². The molecule has 2 heterocycles. The van der Waals surface area contributed by atoms with Crippen molar-refractivity contribution >= 4 is 35.1 Å². The Morgan fingerprint density at radius 1 is 1.25 bits per heavy atom. The molecule has 0 amide bonds. The van der Waals surface area contributed by atoms with E-state index in [1.807, 2.05) is 48.0 Å². The van der Waals surface area contributed by atoms with Gasteiger partial charge in [0.2, 0.25) is 5.95 Å². The molecule has 0 saturated heterocycles. The average Bonchev–Trinajstić information content (AvgIpc) is 3.08. The van der Waals surface area contributed by atoms with E-state index < -0.39 is 0 Å². The van der Waals surface area contributed by atoms with E-state index in [2.05, 4.69) is 10.1 Å². The molecule has 1 aromatic carbocycles. The highest BCUT2D eigenvalue weighted by Crippen LogP contribution is 2.24. The summed E-state index contributed by atoms with van der Waals surface area (Å²) < 4.78 is 1.56. The van der Waals surface area contributed by atoms with Gasteiger partial charge in [0.25, 0.3) is 0 Å². The monoisotopic (exact) mass is 302 g/mol. The lowest BCUT2D eigenvalue weighted by Gasteiger charge is -1.95. The highest BCUT2D eigenvalue weighted by atomic mass is 35.5. The van der Waals surface area contributed by atoms with Crippen LogP contribution in [0.15, 0.2) is 53.1 Å². The molecule has 4 nitrogen and oxygen atoms in total. The van der Waals surface area contributed by atoms with Gasteiger partial charge < -0.3 is 5.73 Å². The van der Waals surface area contributed by atoms with Gasteiger partial charge >= 0.3 is 0 Å². The Labute approximate surface area is 125 Å². The molecule has 20 heavy (non-hydrogen) atoms. The minimum Gasteiger partial charge on any atom is -0.368 e. The van der Waals surface area contributed by atoms with Crippen molar-refractivity contribution in [2.45, 2.75) is 0 Å². The maximum atomic E-state index is 5.86. The number of aromatic nitrogens is 2. The van der Waals surface area contributed by atoms with Crippen molar-refractivity contribution in [2.24, 2.45) is 5.10 Å². The first-order valence-corrected chi connectivity index (χ1v) is 7.17. The van der Waals surface area contributed by atoms with Crippen molar-refractivity contribution in [2.75, 3.05) is 5.73 Å². The molecule has 3 rings (SSSR count). The lowest BCUT2D eigenvalue weighted by molar-refractivity contribution is 0.898. The van der Waals surface area contributed by atoms with Gasteiger partial charge in [-0.3, -0.25) is 0 Å². The van der Waals surface area contributed by atoms with E-state index in [1.54, 1.807) is 22.2 Å². The third kappa shape index (κ3) is 2.74. The van der Waals surface area contributed by atoms with E-state index in [0.29, 0.717) is 11.0 Å². The van der Waals surface area contributed by atoms with Gasteiger partial charge in [0.05, 0.1) is 17.3 Å². The number of anilines is 1. The first-order chi connectivity index (χ1) is 9.72. The topological polar surface area (TPSA) is 56.2 Å². The number of hydrogen-bond acceptors (Lipinski definition) is 4. The van der Waals surface area contributed by atoms with Crippen LogP contribution in [0.25, 0.3) is 10.6 Å². The van der Waals surface area contributed by atoms with Crippen molar-refractivity contribution in [3.05, 3.63) is 58.6 Å². The van der Waals surface area contributed by atoms with E-state index >= 15 is 0 Å². The minimum atomic E-state index is 0.360. The molecule has 0 unspecified atom stereocenters. The highest BCUT2D eigenvalue weighted by Gasteiger charge is 2.06. The zero-order chi connectivity index (χ0) is 13.9. The number of nitrogen functional groups attached to an aromatic ring is 1. The predicted molar refractivity (Wildman–Crippen MR) is 84.4 cm³/mol. The Morgan fingerprint density at radius 3 is 2.75 bits per heavy atom. The molecular weight excluding hydrogens is 292 g/mol. The number of imidazole rings is 1. The van der Waals surface area contributed by atoms with Gasteiger partial charge in [0.1, 0.15) is 5.69 Å². The number of thiophene rings is 1. The van der Waals surface area contributed by atoms with E-state index in [-0.39, 0.29) is 0 Å². The summed E-state index contributed by atoms with van der Waals surface area (Å²) in [7, 11) is 0. The summed E-state index contributed by atoms with van der Waals surface area (Å²) in [6.07, 6.45) is 3.53. The number of halogens is 1. The number of hydrogen-bond donors (Lipinski definition) is 1. The number of benzene rings is 1. The van der Waals surface area contributed by atoms with Gasteiger partial charge in [-0.2, -0.15) is 5.10 Å². The molecule has 0 aliphatic carbocycles. The normalized spacial score (nSPS) is 11.2. The Balaban J connectivity index is 1.86. The second-order valence-electron chi connectivity index (χ2n) is 4.10. The molecule has 0 radical (unpaired) electrons. The molecular formula is C14H11ClN4S. The van der Waals surface area contributed by atoms with Gasteiger partial charge in [0, 0.05) is 5.02 Å². The average molecular weight is 303 g/mol. The molecule has 3 aromatic rings. The Morgan fingerprint density at radius 2 is 2.05 bits per heavy atom. The first kappa shape index (κ1) is 12.9. The van der Waals surface area contributed by atoms with Crippen LogP contribution >= 0.6 is 22.9 Å². The molecule has 0 bridgehead atoms. The summed E-state index contributed by atoms with van der Waals surface area (Å²) >= 11 is 7.45. The smallest absolute Gasteiger partial charge is 0.221 e. The van der Waals surface area contributed by atoms with Crippen molar-refractivity contribution in [3.8, 4) is 10.6 Å². The molecule has 6 heteroatoms. The second kappa shape index (κ2) is 5.48. The maximum Gasteiger partial charge on any atom is 0.221 e. The summed E-state index contributed by atoms with van der Waals surface area (Å²) in [6.45, 7) is 0. The van der Waals surface area contributed by atoms with Gasteiger partial charge in [-0.25, -0.2) is 9.66 Å². The van der Waals surface area contributed by atoms with Crippen LogP contribution in [0.4, 0.5) is 5.95 Å². The molecule has 2 N–H and O–H groups in total. The van der Waals surface area contributed by atoms with Gasteiger partial charge in [-0.05, 0) is 29.1 Å². The zero-order valence-electron chi connectivity index (χ0n) is 10.4. The van der Waals surface area contributed by atoms with Crippen LogP contribution in [0.2, 0.25) is 5.02 Å². The second-order valence-corrected chi connectivity index (χ2v) is 5.49. The minimum absolute atomic E-state index is 0.360. The molecule has 0 aliphatic heterocycles. The third-order valence-electron chi connectivity index (χ3n) is 2.69. The molecule has 0 spiro atoms. The van der Waals surface area contributed by atoms with E-state index in [1.165, 1.54) is 0 Å². The van der Waals surface area contributed by atoms with Crippen LogP contribution in [-0.4, -0.2) is 15.9 Å². The van der Waals surface area contributed by atoms with E-state index in [9.17, 15) is 0 Å². The fourth-order valence-electron chi connectivity index (χ4n) is 1.70. The third-order valence-corrected chi connectivity index (χ3v) is 3.83. The number of nitrogens with zero attached hydrogens (tertiary/aromatic N) is 3. The summed E-state index contributed by atoms with van der Waals surface area (Å²) in [5, 5.41) is 7.00. The largest absolute Gasteiger partial charge is 0.368 e. The van der Waals surface area contributed by atoms with E-state index in [0.717, 1.165) is 16.1 Å². The first-order valence-electron chi connectivity index (χ1n) is 5.91. The van der Waals surface area contributed by atoms with Gasteiger partial charge in [-0.15, -0.1) is 11.3 Å². The molecule has 0 atom stereocenters. The van der Waals surface area contributed by atoms with Crippen molar-refractivity contribution in [1.29, 1.82) is 0 Å². The summed E-state index contributed by atoms with van der Waals surface area (Å²) in [5.41, 5.74) is 7.63. The van der Waals surface area contributed by atoms with Crippen LogP contribution in [0.5, 0.6) is 0 Å². The van der Waals surface area contributed by atoms with Crippen LogP contribution in [0.3, 0.4) is 0 Å². The van der Waals surface area contributed by atoms with Crippen LogP contribution < -0.4 is 5.73 Å². The SMILES string of the molecule is Nc1nc(-c2cccs2)cn1/N=C/c1ccc(Cl)cc1. The number of nitrogens with two attached hydrogens (primary N) is 1. The molecule has 2 aromatic heterocycles. The zero-order valence-corrected chi connectivity index (χ0v) is 12.0. The Bertz CT molecular complexity index is 729. The quantitative estimate of drug-likeness (QED) is 0.749. The lowest BCUT2D eigenvalue weighted by atomic mass is 10.2. The van der Waals surface area contributed by atoms with Crippen LogP contribution in [0.1, 0.15) is 5.56 Å². The van der Waals surface area contributed by atoms with Crippen LogP contribution in [-0.2, 0) is 0 Å². The fraction of sp³-hybridized carbons (Fsp3) is 0. The maximum absolute atomic E-state index is 5.86. The standard InChI is InChI=1S/C14H11ClN4S/c15-11-5-3-10(4-6-11)8-17-19-9-12(18-14(19)16)13-2-1-7-20-13/h1-9H,(H2,16,18)/b17-8+. The summed E-state index contributed by atoms with van der Waals surface area (Å²) in [5.74, 6) is 0.360. The van der Waals surface area contributed by atoms with Crippen molar-refractivity contribution in [1.82, 2.24) is 9.66 Å². The predicted octanol–water partition coefficient (Wildman–Crippen LogP) is 3.73. The molecule has 0 fully saturated rings.